The average Bonchev–Trinajstić information content (AvgIpc) is 3.08. The molecule has 0 bridgehead atoms. The summed E-state index contributed by atoms with van der Waals surface area (Å²) in [5.41, 5.74) is 15.2. The van der Waals surface area contributed by atoms with Crippen LogP contribution in [0.2, 0.25) is 0 Å². The zero-order chi connectivity index (χ0) is 18.8. The molecule has 0 radical (unpaired) electrons. The van der Waals surface area contributed by atoms with Gasteiger partial charge in [-0.25, -0.2) is 19.6 Å². The fourth-order valence-corrected chi connectivity index (χ4v) is 3.33. The summed E-state index contributed by atoms with van der Waals surface area (Å²) in [6.07, 6.45) is 14.1. The number of nitrogens with two attached hydrogens (primary N) is 2. The number of pyridine rings is 1. The number of rotatable bonds is 2. The summed E-state index contributed by atoms with van der Waals surface area (Å²) in [4.78, 5) is 12.8. The molecule has 1 atom stereocenters. The summed E-state index contributed by atoms with van der Waals surface area (Å²) in [5.74, 6) is 0.859. The van der Waals surface area contributed by atoms with Crippen molar-refractivity contribution in [2.75, 3.05) is 11.5 Å². The summed E-state index contributed by atoms with van der Waals surface area (Å²) < 4.78 is 1.96. The first kappa shape index (κ1) is 17.0. The molecule has 3 aromatic heterocycles. The number of allylic oxidation sites excluding steroid dienone is 5. The maximum absolute atomic E-state index is 6.19. The molecule has 0 fully saturated rings. The Morgan fingerprint density at radius 2 is 2.00 bits per heavy atom. The lowest BCUT2D eigenvalue weighted by Crippen LogP contribution is -2.12. The molecule has 0 amide bonds. The first-order valence-corrected chi connectivity index (χ1v) is 8.85. The van der Waals surface area contributed by atoms with Gasteiger partial charge in [-0.05, 0) is 31.4 Å². The molecule has 0 aliphatic heterocycles. The molecule has 136 valence electrons. The van der Waals surface area contributed by atoms with Gasteiger partial charge in [0.25, 0.3) is 0 Å². The summed E-state index contributed by atoms with van der Waals surface area (Å²) in [6, 6.07) is 3.75. The first-order valence-electron chi connectivity index (χ1n) is 8.85. The highest BCUT2D eigenvalue weighted by Crippen LogP contribution is 2.34. The van der Waals surface area contributed by atoms with Gasteiger partial charge < -0.3 is 11.5 Å². The van der Waals surface area contributed by atoms with Crippen molar-refractivity contribution < 1.29 is 0 Å². The van der Waals surface area contributed by atoms with Crippen LogP contribution in [0.4, 0.5) is 11.6 Å². The Kier molecular flexibility index (Phi) is 4.42. The Morgan fingerprint density at radius 1 is 1.11 bits per heavy atom. The van der Waals surface area contributed by atoms with Crippen LogP contribution >= 0.6 is 0 Å². The minimum atomic E-state index is 0.122. The van der Waals surface area contributed by atoms with E-state index in [0.717, 1.165) is 41.4 Å². The van der Waals surface area contributed by atoms with E-state index < -0.39 is 0 Å². The fraction of sp³-hybridized carbons (Fsp3) is 0.200. The van der Waals surface area contributed by atoms with Crippen LogP contribution < -0.4 is 11.5 Å². The molecule has 4 N–H and O–H groups in total. The molecule has 3 aromatic rings. The van der Waals surface area contributed by atoms with Crippen molar-refractivity contribution in [1.82, 2.24) is 24.7 Å². The van der Waals surface area contributed by atoms with Crippen LogP contribution in [-0.2, 0) is 0 Å². The monoisotopic (exact) mass is 359 g/mol. The maximum Gasteiger partial charge on any atom is 0.164 e. The minimum Gasteiger partial charge on any atom is -0.384 e. The highest BCUT2D eigenvalue weighted by atomic mass is 15.3. The second-order valence-corrected chi connectivity index (χ2v) is 6.60. The standard InChI is InChI=1S/C20H21N7/c1-13-6-4-2-3-5-7-15(10-13)27-20-17(19(22)24-12-25-20)18(26-27)14-8-9-16(21)23-11-14/h2-4,6,8-9,11-12,15H,1,5,7,10H2,(H2,21,23)(H2,22,24,25)/b3-2-,6-4-. The zero-order valence-corrected chi connectivity index (χ0v) is 14.9. The van der Waals surface area contributed by atoms with E-state index in [4.69, 9.17) is 16.6 Å². The van der Waals surface area contributed by atoms with Crippen molar-refractivity contribution in [1.29, 1.82) is 0 Å². The van der Waals surface area contributed by atoms with E-state index >= 15 is 0 Å². The van der Waals surface area contributed by atoms with E-state index in [9.17, 15) is 0 Å². The maximum atomic E-state index is 6.19. The van der Waals surface area contributed by atoms with E-state index in [0.29, 0.717) is 17.3 Å². The summed E-state index contributed by atoms with van der Waals surface area (Å²) in [5, 5.41) is 5.61. The Balaban J connectivity index is 1.87. The number of hydrogen-bond donors (Lipinski definition) is 2. The van der Waals surface area contributed by atoms with Gasteiger partial charge in [0.1, 0.15) is 23.7 Å². The van der Waals surface area contributed by atoms with Crippen LogP contribution in [0.1, 0.15) is 25.3 Å². The van der Waals surface area contributed by atoms with Crippen molar-refractivity contribution in [3.63, 3.8) is 0 Å². The second-order valence-electron chi connectivity index (χ2n) is 6.60. The Labute approximate surface area is 157 Å². The molecule has 27 heavy (non-hydrogen) atoms. The second kappa shape index (κ2) is 7.03. The molecule has 4 rings (SSSR count). The molecular weight excluding hydrogens is 338 g/mol. The number of aromatic nitrogens is 5. The Hall–Kier alpha value is -3.48. The quantitative estimate of drug-likeness (QED) is 0.725. The Bertz CT molecular complexity index is 1040. The predicted octanol–water partition coefficient (Wildman–Crippen LogP) is 3.45. The molecule has 1 unspecified atom stereocenters. The molecule has 0 saturated carbocycles. The highest BCUT2D eigenvalue weighted by Gasteiger charge is 2.22. The molecule has 7 nitrogen and oxygen atoms in total. The lowest BCUT2D eigenvalue weighted by atomic mass is 10.0. The largest absolute Gasteiger partial charge is 0.384 e. The SMILES string of the molecule is C=C1/C=C\C=C/CCC(n2nc(-c3ccc(N)nc3)c3c(N)ncnc32)C1. The van der Waals surface area contributed by atoms with Gasteiger partial charge in [-0.15, -0.1) is 0 Å². The van der Waals surface area contributed by atoms with Crippen LogP contribution in [-0.4, -0.2) is 24.7 Å². The van der Waals surface area contributed by atoms with Crippen LogP contribution in [0, 0.1) is 0 Å². The van der Waals surface area contributed by atoms with Crippen LogP contribution in [0.5, 0.6) is 0 Å². The topological polar surface area (TPSA) is 109 Å². The number of hydrogen-bond acceptors (Lipinski definition) is 6. The van der Waals surface area contributed by atoms with Crippen molar-refractivity contribution in [3.8, 4) is 11.3 Å². The van der Waals surface area contributed by atoms with Crippen LogP contribution in [0.3, 0.4) is 0 Å². The number of nitrogen functional groups attached to an aromatic ring is 2. The first-order chi connectivity index (χ1) is 13.1. The summed E-state index contributed by atoms with van der Waals surface area (Å²) >= 11 is 0. The van der Waals surface area contributed by atoms with E-state index in [1.54, 1.807) is 12.3 Å². The minimum absolute atomic E-state index is 0.122. The summed E-state index contributed by atoms with van der Waals surface area (Å²) in [7, 11) is 0. The predicted molar refractivity (Wildman–Crippen MR) is 108 cm³/mol. The van der Waals surface area contributed by atoms with Crippen molar-refractivity contribution in [2.24, 2.45) is 0 Å². The van der Waals surface area contributed by atoms with Crippen LogP contribution in [0.15, 0.2) is 61.1 Å². The van der Waals surface area contributed by atoms with Gasteiger partial charge in [0, 0.05) is 11.8 Å². The van der Waals surface area contributed by atoms with E-state index in [2.05, 4.69) is 33.7 Å². The van der Waals surface area contributed by atoms with Gasteiger partial charge >= 0.3 is 0 Å². The van der Waals surface area contributed by atoms with Crippen molar-refractivity contribution >= 4 is 22.7 Å². The normalized spacial score (nSPS) is 20.0. The smallest absolute Gasteiger partial charge is 0.164 e. The van der Waals surface area contributed by atoms with Crippen molar-refractivity contribution in [2.45, 2.75) is 25.3 Å². The number of nitrogens with zero attached hydrogens (tertiary/aromatic N) is 5. The van der Waals surface area contributed by atoms with Gasteiger partial charge in [0.2, 0.25) is 0 Å². The molecule has 1 aliphatic rings. The highest BCUT2D eigenvalue weighted by molar-refractivity contribution is 5.98. The molecule has 3 heterocycles. The van der Waals surface area contributed by atoms with E-state index in [1.165, 1.54) is 6.33 Å². The molecule has 0 saturated heterocycles. The van der Waals surface area contributed by atoms with Crippen LogP contribution in [0.25, 0.3) is 22.3 Å². The molecule has 1 aliphatic carbocycles. The molecule has 7 heteroatoms. The van der Waals surface area contributed by atoms with Gasteiger partial charge in [0.05, 0.1) is 11.4 Å². The third kappa shape index (κ3) is 3.31. The fourth-order valence-electron chi connectivity index (χ4n) is 3.33. The Morgan fingerprint density at radius 3 is 2.81 bits per heavy atom. The lowest BCUT2D eigenvalue weighted by Gasteiger charge is -2.17. The van der Waals surface area contributed by atoms with Crippen molar-refractivity contribution in [3.05, 3.63) is 61.1 Å². The van der Waals surface area contributed by atoms with E-state index in [1.807, 2.05) is 22.9 Å². The number of anilines is 2. The van der Waals surface area contributed by atoms with Gasteiger partial charge in [-0.3, -0.25) is 0 Å². The van der Waals surface area contributed by atoms with E-state index in [-0.39, 0.29) is 6.04 Å². The lowest BCUT2D eigenvalue weighted by molar-refractivity contribution is 0.438. The third-order valence-corrected chi connectivity index (χ3v) is 4.67. The zero-order valence-electron chi connectivity index (χ0n) is 14.9. The summed E-state index contributed by atoms with van der Waals surface area (Å²) in [6.45, 7) is 4.16. The molecular formula is C20H21N7. The van der Waals surface area contributed by atoms with Gasteiger partial charge in [0.15, 0.2) is 5.65 Å². The number of fused-ring (bicyclic) bond motifs is 1. The molecule has 0 spiro atoms. The molecule has 0 aromatic carbocycles. The van der Waals surface area contributed by atoms with Gasteiger partial charge in [-0.2, -0.15) is 5.10 Å². The average molecular weight is 359 g/mol. The van der Waals surface area contributed by atoms with Gasteiger partial charge in [-0.1, -0.05) is 36.5 Å². The third-order valence-electron chi connectivity index (χ3n) is 4.67.